The van der Waals surface area contributed by atoms with E-state index in [1.165, 1.54) is 5.56 Å². The second kappa shape index (κ2) is 6.69. The minimum absolute atomic E-state index is 0.232. The van der Waals surface area contributed by atoms with E-state index in [1.807, 2.05) is 38.2 Å². The first-order chi connectivity index (χ1) is 10.9. The van der Waals surface area contributed by atoms with Crippen molar-refractivity contribution in [2.45, 2.75) is 25.7 Å². The molecule has 2 aromatic carbocycles. The van der Waals surface area contributed by atoms with Crippen LogP contribution in [0.25, 0.3) is 0 Å². The topological polar surface area (TPSA) is 49.3 Å². The highest BCUT2D eigenvalue weighted by molar-refractivity contribution is 5.87. The number of carbonyl (C=O) groups is 1. The van der Waals surface area contributed by atoms with Crippen molar-refractivity contribution < 1.29 is 9.90 Å². The van der Waals surface area contributed by atoms with Crippen LogP contribution in [0.5, 0.6) is 0 Å². The highest BCUT2D eigenvalue weighted by Gasteiger charge is 2.30. The molecule has 1 unspecified atom stereocenters. The van der Waals surface area contributed by atoms with E-state index in [-0.39, 0.29) is 5.41 Å². The maximum absolute atomic E-state index is 11.0. The Kier molecular flexibility index (Phi) is 4.89. The highest BCUT2D eigenvalue weighted by Crippen LogP contribution is 2.38. The van der Waals surface area contributed by atoms with Gasteiger partial charge in [-0.05, 0) is 42.7 Å². The van der Waals surface area contributed by atoms with Crippen molar-refractivity contribution in [2.24, 2.45) is 0 Å². The van der Waals surface area contributed by atoms with Gasteiger partial charge in [0.25, 0.3) is 0 Å². The normalized spacial score (nSPS) is 13.2. The number of benzene rings is 2. The van der Waals surface area contributed by atoms with Crippen molar-refractivity contribution in [1.29, 1.82) is 0 Å². The van der Waals surface area contributed by atoms with Gasteiger partial charge in [0.05, 0.1) is 5.56 Å². The molecule has 0 radical (unpaired) electrons. The molecule has 0 spiro atoms. The average molecular weight is 309 g/mol. The van der Waals surface area contributed by atoms with E-state index in [0.717, 1.165) is 23.2 Å². The molecule has 1 atom stereocenters. The van der Waals surface area contributed by atoms with Crippen molar-refractivity contribution in [3.63, 3.8) is 0 Å². The number of carboxylic acids is 1. The number of nitrogens with one attached hydrogen (secondary N) is 1. The molecule has 2 aromatic rings. The fourth-order valence-electron chi connectivity index (χ4n) is 2.83. The minimum Gasteiger partial charge on any atom is -0.478 e. The third-order valence-corrected chi connectivity index (χ3v) is 4.49. The lowest BCUT2D eigenvalue weighted by Crippen LogP contribution is -2.27. The first-order valence-corrected chi connectivity index (χ1v) is 7.64. The van der Waals surface area contributed by atoms with Gasteiger partial charge >= 0.3 is 5.97 Å². The van der Waals surface area contributed by atoms with Gasteiger partial charge in [0.15, 0.2) is 0 Å². The molecule has 3 heteroatoms. The number of allylic oxidation sites excluding steroid dienone is 1. The minimum atomic E-state index is -0.903. The number of rotatable bonds is 6. The van der Waals surface area contributed by atoms with Crippen LogP contribution in [0.3, 0.4) is 0 Å². The maximum atomic E-state index is 11.0. The molecule has 0 amide bonds. The van der Waals surface area contributed by atoms with Crippen LogP contribution >= 0.6 is 0 Å². The predicted molar refractivity (Wildman–Crippen MR) is 95.3 cm³/mol. The fourth-order valence-corrected chi connectivity index (χ4v) is 2.83. The quantitative estimate of drug-likeness (QED) is 0.772. The monoisotopic (exact) mass is 309 g/mol. The van der Waals surface area contributed by atoms with Crippen LogP contribution in [0, 0.1) is 0 Å². The number of carboxylic acid groups (broad SMARTS) is 1. The van der Waals surface area contributed by atoms with Crippen LogP contribution in [0.4, 0.5) is 5.69 Å². The van der Waals surface area contributed by atoms with Gasteiger partial charge in [0.1, 0.15) is 0 Å². The Bertz CT molecular complexity index is 719. The second-order valence-corrected chi connectivity index (χ2v) is 6.09. The molecule has 3 nitrogen and oxygen atoms in total. The first kappa shape index (κ1) is 16.8. The van der Waals surface area contributed by atoms with Gasteiger partial charge < -0.3 is 10.4 Å². The highest BCUT2D eigenvalue weighted by atomic mass is 16.4. The summed E-state index contributed by atoms with van der Waals surface area (Å²) in [6, 6.07) is 15.3. The standard InChI is InChI=1S/C20H23NO2/c1-14(2)20(3,17-7-5-6-8-18(17)21-4)13-15-9-11-16(12-10-15)19(22)23/h5-12,21H,1,13H2,2-4H3,(H,22,23). The average Bonchev–Trinajstić information content (AvgIpc) is 2.55. The summed E-state index contributed by atoms with van der Waals surface area (Å²) in [4.78, 5) is 11.0. The van der Waals surface area contributed by atoms with Gasteiger partial charge in [0.2, 0.25) is 0 Å². The number of para-hydroxylation sites is 1. The Labute approximate surface area is 137 Å². The summed E-state index contributed by atoms with van der Waals surface area (Å²) in [6.07, 6.45) is 0.765. The number of aromatic carboxylic acids is 1. The Balaban J connectivity index is 2.41. The molecule has 0 aliphatic carbocycles. The van der Waals surface area contributed by atoms with Crippen molar-refractivity contribution in [1.82, 2.24) is 0 Å². The SMILES string of the molecule is C=C(C)C(C)(Cc1ccc(C(=O)O)cc1)c1ccccc1NC. The van der Waals surface area contributed by atoms with Crippen LogP contribution in [-0.4, -0.2) is 18.1 Å². The molecule has 0 aromatic heterocycles. The summed E-state index contributed by atoms with van der Waals surface area (Å²) in [5, 5.41) is 12.3. The second-order valence-electron chi connectivity index (χ2n) is 6.09. The van der Waals surface area contributed by atoms with Gasteiger partial charge in [0, 0.05) is 18.2 Å². The van der Waals surface area contributed by atoms with Crippen molar-refractivity contribution in [3.05, 3.63) is 77.4 Å². The van der Waals surface area contributed by atoms with E-state index in [4.69, 9.17) is 5.11 Å². The van der Waals surface area contributed by atoms with Crippen LogP contribution in [0.2, 0.25) is 0 Å². The molecule has 0 saturated heterocycles. The zero-order valence-electron chi connectivity index (χ0n) is 13.9. The number of hydrogen-bond acceptors (Lipinski definition) is 2. The lowest BCUT2D eigenvalue weighted by molar-refractivity contribution is 0.0697. The van der Waals surface area contributed by atoms with E-state index < -0.39 is 5.97 Å². The van der Waals surface area contributed by atoms with E-state index in [1.54, 1.807) is 12.1 Å². The van der Waals surface area contributed by atoms with Crippen molar-refractivity contribution >= 4 is 11.7 Å². The zero-order chi connectivity index (χ0) is 17.0. The van der Waals surface area contributed by atoms with Gasteiger partial charge in [-0.15, -0.1) is 0 Å². The van der Waals surface area contributed by atoms with Crippen LogP contribution in [0.1, 0.15) is 35.3 Å². The van der Waals surface area contributed by atoms with Crippen molar-refractivity contribution in [3.8, 4) is 0 Å². The molecule has 0 heterocycles. The Morgan fingerprint density at radius 3 is 2.30 bits per heavy atom. The van der Waals surface area contributed by atoms with E-state index in [2.05, 4.69) is 31.0 Å². The molecule has 23 heavy (non-hydrogen) atoms. The van der Waals surface area contributed by atoms with E-state index >= 15 is 0 Å². The molecular formula is C20H23NO2. The molecular weight excluding hydrogens is 286 g/mol. The maximum Gasteiger partial charge on any atom is 0.335 e. The number of hydrogen-bond donors (Lipinski definition) is 2. The van der Waals surface area contributed by atoms with Crippen LogP contribution in [-0.2, 0) is 11.8 Å². The molecule has 2 rings (SSSR count). The first-order valence-electron chi connectivity index (χ1n) is 7.64. The third kappa shape index (κ3) is 3.45. The third-order valence-electron chi connectivity index (χ3n) is 4.49. The molecule has 0 saturated carbocycles. The summed E-state index contributed by atoms with van der Waals surface area (Å²) < 4.78 is 0. The molecule has 2 N–H and O–H groups in total. The van der Waals surface area contributed by atoms with Gasteiger partial charge in [-0.3, -0.25) is 0 Å². The van der Waals surface area contributed by atoms with Gasteiger partial charge in [-0.25, -0.2) is 4.79 Å². The summed E-state index contributed by atoms with van der Waals surface area (Å²) in [7, 11) is 1.92. The summed E-state index contributed by atoms with van der Waals surface area (Å²) in [6.45, 7) is 8.42. The Morgan fingerprint density at radius 2 is 1.78 bits per heavy atom. The van der Waals surface area contributed by atoms with Gasteiger partial charge in [-0.2, -0.15) is 0 Å². The lowest BCUT2D eigenvalue weighted by Gasteiger charge is -2.33. The predicted octanol–water partition coefficient (Wildman–Crippen LogP) is 4.50. The van der Waals surface area contributed by atoms with E-state index in [0.29, 0.717) is 5.56 Å². The molecule has 0 aliphatic rings. The summed E-state index contributed by atoms with van der Waals surface area (Å²) >= 11 is 0. The molecule has 0 bridgehead atoms. The summed E-state index contributed by atoms with van der Waals surface area (Å²) in [5.74, 6) is -0.903. The smallest absolute Gasteiger partial charge is 0.335 e. The lowest BCUT2D eigenvalue weighted by atomic mass is 9.72. The molecule has 120 valence electrons. The summed E-state index contributed by atoms with van der Waals surface area (Å²) in [5.41, 5.74) is 4.51. The van der Waals surface area contributed by atoms with Gasteiger partial charge in [-0.1, -0.05) is 49.4 Å². The van der Waals surface area contributed by atoms with Crippen molar-refractivity contribution in [2.75, 3.05) is 12.4 Å². The molecule has 0 aliphatic heterocycles. The number of anilines is 1. The van der Waals surface area contributed by atoms with Crippen LogP contribution < -0.4 is 5.32 Å². The largest absolute Gasteiger partial charge is 0.478 e. The Hall–Kier alpha value is -2.55. The Morgan fingerprint density at radius 1 is 1.17 bits per heavy atom. The fraction of sp³-hybridized carbons (Fsp3) is 0.250. The van der Waals surface area contributed by atoms with Crippen LogP contribution in [0.15, 0.2) is 60.7 Å². The molecule has 0 fully saturated rings. The van der Waals surface area contributed by atoms with E-state index in [9.17, 15) is 4.79 Å². The zero-order valence-corrected chi connectivity index (χ0v) is 13.9.